The Kier molecular flexibility index (Phi) is 4.74. The standard InChI is InChI=1S/C18H28N2/c1-19(14-15-20-12-5-2-6-13-20)18-11-7-9-16-8-3-4-10-17(16)18/h3-4,8,10,18H,2,5-7,9,11-15H2,1H3/t18-/m1/s1. The molecule has 0 bridgehead atoms. The van der Waals surface area contributed by atoms with E-state index in [1.807, 2.05) is 0 Å². The van der Waals surface area contributed by atoms with Crippen LogP contribution in [-0.2, 0) is 6.42 Å². The van der Waals surface area contributed by atoms with Crippen LogP contribution in [0.15, 0.2) is 24.3 Å². The summed E-state index contributed by atoms with van der Waals surface area (Å²) in [7, 11) is 2.32. The van der Waals surface area contributed by atoms with Gasteiger partial charge in [0.05, 0.1) is 0 Å². The maximum absolute atomic E-state index is 2.65. The number of benzene rings is 1. The zero-order valence-corrected chi connectivity index (χ0v) is 12.9. The molecule has 1 atom stereocenters. The van der Waals surface area contributed by atoms with Gasteiger partial charge in [-0.25, -0.2) is 0 Å². The molecule has 2 heteroatoms. The molecular formula is C18H28N2. The largest absolute Gasteiger partial charge is 0.302 e. The van der Waals surface area contributed by atoms with Gasteiger partial charge < -0.3 is 4.90 Å². The van der Waals surface area contributed by atoms with Crippen molar-refractivity contribution in [3.05, 3.63) is 35.4 Å². The Bertz CT molecular complexity index is 423. The summed E-state index contributed by atoms with van der Waals surface area (Å²) in [4.78, 5) is 5.24. The topological polar surface area (TPSA) is 6.48 Å². The lowest BCUT2D eigenvalue weighted by molar-refractivity contribution is 0.162. The smallest absolute Gasteiger partial charge is 0.0348 e. The van der Waals surface area contributed by atoms with Gasteiger partial charge in [0.25, 0.3) is 0 Å². The molecule has 0 saturated carbocycles. The van der Waals surface area contributed by atoms with Crippen LogP contribution in [0.4, 0.5) is 0 Å². The molecule has 2 aliphatic rings. The molecule has 0 unspecified atom stereocenters. The summed E-state index contributed by atoms with van der Waals surface area (Å²) in [6, 6.07) is 9.70. The second kappa shape index (κ2) is 6.73. The van der Waals surface area contributed by atoms with Crippen LogP contribution < -0.4 is 0 Å². The average molecular weight is 272 g/mol. The summed E-state index contributed by atoms with van der Waals surface area (Å²) in [5.41, 5.74) is 3.16. The Hall–Kier alpha value is -0.860. The van der Waals surface area contributed by atoms with Crippen LogP contribution in [0.5, 0.6) is 0 Å². The van der Waals surface area contributed by atoms with Crippen LogP contribution in [0.2, 0.25) is 0 Å². The first-order chi connectivity index (χ1) is 9.84. The predicted octanol–water partition coefficient (Wildman–Crippen LogP) is 3.48. The van der Waals surface area contributed by atoms with Gasteiger partial charge in [-0.2, -0.15) is 0 Å². The molecule has 0 radical (unpaired) electrons. The van der Waals surface area contributed by atoms with E-state index in [1.165, 1.54) is 64.7 Å². The molecule has 1 aliphatic carbocycles. The highest BCUT2D eigenvalue weighted by atomic mass is 15.2. The van der Waals surface area contributed by atoms with Crippen LogP contribution in [-0.4, -0.2) is 43.0 Å². The van der Waals surface area contributed by atoms with E-state index in [0.29, 0.717) is 6.04 Å². The van der Waals surface area contributed by atoms with Crippen LogP contribution in [0.3, 0.4) is 0 Å². The van der Waals surface area contributed by atoms with E-state index in [1.54, 1.807) is 11.1 Å². The quantitative estimate of drug-likeness (QED) is 0.828. The van der Waals surface area contributed by atoms with Gasteiger partial charge in [0, 0.05) is 19.1 Å². The molecular weight excluding hydrogens is 244 g/mol. The number of rotatable bonds is 4. The van der Waals surface area contributed by atoms with E-state index in [2.05, 4.69) is 41.1 Å². The Morgan fingerprint density at radius 1 is 1.10 bits per heavy atom. The fraction of sp³-hybridized carbons (Fsp3) is 0.667. The molecule has 0 N–H and O–H groups in total. The summed E-state index contributed by atoms with van der Waals surface area (Å²) in [6.07, 6.45) is 8.17. The molecule has 1 aromatic rings. The summed E-state index contributed by atoms with van der Waals surface area (Å²) in [5, 5.41) is 0. The van der Waals surface area contributed by atoms with Gasteiger partial charge in [-0.05, 0) is 63.4 Å². The monoisotopic (exact) mass is 272 g/mol. The summed E-state index contributed by atoms with van der Waals surface area (Å²) in [5.74, 6) is 0. The van der Waals surface area contributed by atoms with Crippen molar-refractivity contribution in [1.29, 1.82) is 0 Å². The van der Waals surface area contributed by atoms with Crippen molar-refractivity contribution >= 4 is 0 Å². The third-order valence-corrected chi connectivity index (χ3v) is 5.09. The minimum atomic E-state index is 0.643. The van der Waals surface area contributed by atoms with Crippen molar-refractivity contribution in [2.45, 2.75) is 44.6 Å². The van der Waals surface area contributed by atoms with Crippen molar-refractivity contribution in [1.82, 2.24) is 9.80 Å². The third-order valence-electron chi connectivity index (χ3n) is 5.09. The number of fused-ring (bicyclic) bond motifs is 1. The third kappa shape index (κ3) is 3.24. The summed E-state index contributed by atoms with van der Waals surface area (Å²) in [6.45, 7) is 5.08. The molecule has 0 amide bonds. The molecule has 1 saturated heterocycles. The molecule has 20 heavy (non-hydrogen) atoms. The van der Waals surface area contributed by atoms with E-state index in [0.717, 1.165) is 0 Å². The molecule has 0 spiro atoms. The van der Waals surface area contributed by atoms with Gasteiger partial charge in [-0.15, -0.1) is 0 Å². The lowest BCUT2D eigenvalue weighted by atomic mass is 9.87. The highest BCUT2D eigenvalue weighted by Gasteiger charge is 2.23. The van der Waals surface area contributed by atoms with Gasteiger partial charge in [0.2, 0.25) is 0 Å². The Morgan fingerprint density at radius 3 is 2.75 bits per heavy atom. The highest BCUT2D eigenvalue weighted by molar-refractivity contribution is 5.32. The minimum absolute atomic E-state index is 0.643. The number of likely N-dealkylation sites (tertiary alicyclic amines) is 1. The number of hydrogen-bond acceptors (Lipinski definition) is 2. The number of piperidine rings is 1. The molecule has 1 heterocycles. The molecule has 1 aromatic carbocycles. The number of nitrogens with zero attached hydrogens (tertiary/aromatic N) is 2. The maximum atomic E-state index is 2.65. The zero-order chi connectivity index (χ0) is 13.8. The molecule has 110 valence electrons. The minimum Gasteiger partial charge on any atom is -0.302 e. The fourth-order valence-electron chi connectivity index (χ4n) is 3.82. The van der Waals surface area contributed by atoms with Gasteiger partial charge in [-0.1, -0.05) is 30.7 Å². The van der Waals surface area contributed by atoms with Gasteiger partial charge in [0.15, 0.2) is 0 Å². The van der Waals surface area contributed by atoms with Gasteiger partial charge in [0.1, 0.15) is 0 Å². The first kappa shape index (κ1) is 14.1. The first-order valence-electron chi connectivity index (χ1n) is 8.35. The number of likely N-dealkylation sites (N-methyl/N-ethyl adjacent to an activating group) is 1. The van der Waals surface area contributed by atoms with Crippen LogP contribution in [0.25, 0.3) is 0 Å². The summed E-state index contributed by atoms with van der Waals surface area (Å²) >= 11 is 0. The van der Waals surface area contributed by atoms with E-state index in [9.17, 15) is 0 Å². The van der Waals surface area contributed by atoms with Gasteiger partial charge >= 0.3 is 0 Å². The van der Waals surface area contributed by atoms with E-state index in [-0.39, 0.29) is 0 Å². The van der Waals surface area contributed by atoms with Crippen molar-refractivity contribution in [2.75, 3.05) is 33.2 Å². The second-order valence-electron chi connectivity index (χ2n) is 6.49. The van der Waals surface area contributed by atoms with Crippen LogP contribution in [0.1, 0.15) is 49.3 Å². The normalized spacial score (nSPS) is 23.8. The Balaban J connectivity index is 1.58. The van der Waals surface area contributed by atoms with Crippen molar-refractivity contribution in [3.63, 3.8) is 0 Å². The molecule has 2 nitrogen and oxygen atoms in total. The van der Waals surface area contributed by atoms with Crippen LogP contribution >= 0.6 is 0 Å². The lowest BCUT2D eigenvalue weighted by Gasteiger charge is -2.35. The first-order valence-corrected chi connectivity index (χ1v) is 8.35. The Morgan fingerprint density at radius 2 is 1.90 bits per heavy atom. The second-order valence-corrected chi connectivity index (χ2v) is 6.49. The lowest BCUT2D eigenvalue weighted by Crippen LogP contribution is -2.38. The summed E-state index contributed by atoms with van der Waals surface area (Å²) < 4.78 is 0. The van der Waals surface area contributed by atoms with Crippen molar-refractivity contribution in [3.8, 4) is 0 Å². The van der Waals surface area contributed by atoms with Crippen LogP contribution in [0, 0.1) is 0 Å². The average Bonchev–Trinajstić information content (AvgIpc) is 2.53. The van der Waals surface area contributed by atoms with Crippen molar-refractivity contribution < 1.29 is 0 Å². The molecule has 0 aromatic heterocycles. The predicted molar refractivity (Wildman–Crippen MR) is 85.0 cm³/mol. The maximum Gasteiger partial charge on any atom is 0.0348 e. The Labute approximate surface area is 123 Å². The zero-order valence-electron chi connectivity index (χ0n) is 12.9. The fourth-order valence-corrected chi connectivity index (χ4v) is 3.82. The van der Waals surface area contributed by atoms with E-state index in [4.69, 9.17) is 0 Å². The SMILES string of the molecule is CN(CCN1CCCCC1)[C@@H]1CCCc2ccccc21. The molecule has 1 aliphatic heterocycles. The number of aryl methyl sites for hydroxylation is 1. The molecule has 3 rings (SSSR count). The highest BCUT2D eigenvalue weighted by Crippen LogP contribution is 2.33. The van der Waals surface area contributed by atoms with E-state index < -0.39 is 0 Å². The van der Waals surface area contributed by atoms with E-state index >= 15 is 0 Å². The van der Waals surface area contributed by atoms with Crippen molar-refractivity contribution in [2.24, 2.45) is 0 Å². The molecule has 1 fully saturated rings. The number of hydrogen-bond donors (Lipinski definition) is 0. The van der Waals surface area contributed by atoms with Gasteiger partial charge in [-0.3, -0.25) is 4.90 Å².